The lowest BCUT2D eigenvalue weighted by Gasteiger charge is -2.23. The largest absolute Gasteiger partial charge is 0.462 e. The molecule has 5 heteroatoms. The lowest BCUT2D eigenvalue weighted by atomic mass is 10.1. The molecule has 5 rings (SSSR count). The molecule has 184 valence electrons. The van der Waals surface area contributed by atoms with Crippen LogP contribution in [0.3, 0.4) is 0 Å². The SMILES string of the molecule is CCOC(=O)c1ccc(-c2ccc(/C=C3\C=C(c4ccccc4)N(c4cc(C)ccc4C)C3=O)o2)cc1. The number of furan rings is 1. The molecule has 0 radical (unpaired) electrons. The Morgan fingerprint density at radius 2 is 1.68 bits per heavy atom. The van der Waals surface area contributed by atoms with Gasteiger partial charge in [-0.25, -0.2) is 4.79 Å². The van der Waals surface area contributed by atoms with Crippen molar-refractivity contribution < 1.29 is 18.7 Å². The fraction of sp³-hybridized carbons (Fsp3) is 0.125. The zero-order valence-corrected chi connectivity index (χ0v) is 21.0. The van der Waals surface area contributed by atoms with Crippen LogP contribution >= 0.6 is 0 Å². The van der Waals surface area contributed by atoms with Gasteiger partial charge in [-0.2, -0.15) is 0 Å². The first kappa shape index (κ1) is 24.1. The average molecular weight is 490 g/mol. The number of benzene rings is 3. The van der Waals surface area contributed by atoms with Crippen LogP contribution in [0.5, 0.6) is 0 Å². The van der Waals surface area contributed by atoms with Gasteiger partial charge in [-0.3, -0.25) is 9.69 Å². The van der Waals surface area contributed by atoms with Gasteiger partial charge in [-0.15, -0.1) is 0 Å². The number of hydrogen-bond donors (Lipinski definition) is 0. The number of amides is 1. The highest BCUT2D eigenvalue weighted by atomic mass is 16.5. The number of aryl methyl sites for hydroxylation is 2. The van der Waals surface area contributed by atoms with E-state index in [0.29, 0.717) is 29.3 Å². The summed E-state index contributed by atoms with van der Waals surface area (Å²) in [5, 5.41) is 0. The van der Waals surface area contributed by atoms with Crippen molar-refractivity contribution in [1.82, 2.24) is 0 Å². The smallest absolute Gasteiger partial charge is 0.338 e. The van der Waals surface area contributed by atoms with Crippen molar-refractivity contribution in [2.75, 3.05) is 11.5 Å². The van der Waals surface area contributed by atoms with Crippen molar-refractivity contribution >= 4 is 29.3 Å². The summed E-state index contributed by atoms with van der Waals surface area (Å²) in [7, 11) is 0. The van der Waals surface area contributed by atoms with Gasteiger partial charge in [-0.1, -0.05) is 54.6 Å². The second kappa shape index (κ2) is 10.2. The number of carbonyl (C=O) groups excluding carboxylic acids is 2. The summed E-state index contributed by atoms with van der Waals surface area (Å²) < 4.78 is 11.1. The summed E-state index contributed by atoms with van der Waals surface area (Å²) in [5.74, 6) is 0.753. The van der Waals surface area contributed by atoms with Gasteiger partial charge < -0.3 is 9.15 Å². The van der Waals surface area contributed by atoms with Crippen LogP contribution in [0.2, 0.25) is 0 Å². The standard InChI is InChI=1S/C32H27NO4/c1-4-36-32(35)25-14-12-24(13-15-25)30-17-16-27(37-30)19-26-20-29(23-8-6-5-7-9-23)33(31(26)34)28-18-21(2)10-11-22(28)3/h5-20H,4H2,1-3H3/b26-19+. The quantitative estimate of drug-likeness (QED) is 0.212. The minimum atomic E-state index is -0.354. The molecule has 1 aromatic heterocycles. The molecular formula is C32H27NO4. The molecule has 2 heterocycles. The number of hydrogen-bond acceptors (Lipinski definition) is 4. The van der Waals surface area contributed by atoms with E-state index in [9.17, 15) is 9.59 Å². The van der Waals surface area contributed by atoms with Crippen LogP contribution in [-0.4, -0.2) is 18.5 Å². The Morgan fingerprint density at radius 1 is 0.919 bits per heavy atom. The van der Waals surface area contributed by atoms with E-state index in [0.717, 1.165) is 33.6 Å². The van der Waals surface area contributed by atoms with E-state index in [1.165, 1.54) is 0 Å². The van der Waals surface area contributed by atoms with E-state index >= 15 is 0 Å². The van der Waals surface area contributed by atoms with Crippen LogP contribution < -0.4 is 4.90 Å². The molecule has 1 aliphatic heterocycles. The fourth-order valence-electron chi connectivity index (χ4n) is 4.36. The number of nitrogens with zero attached hydrogens (tertiary/aromatic N) is 1. The molecule has 0 unspecified atom stereocenters. The van der Waals surface area contributed by atoms with Gasteiger partial charge in [0.15, 0.2) is 0 Å². The Hall–Kier alpha value is -4.64. The first-order valence-electron chi connectivity index (χ1n) is 12.2. The predicted octanol–water partition coefficient (Wildman–Crippen LogP) is 7.21. The van der Waals surface area contributed by atoms with Gasteiger partial charge in [0.2, 0.25) is 0 Å². The van der Waals surface area contributed by atoms with Crippen molar-refractivity contribution in [3.63, 3.8) is 0 Å². The van der Waals surface area contributed by atoms with E-state index in [1.54, 1.807) is 30.0 Å². The molecule has 37 heavy (non-hydrogen) atoms. The molecule has 1 amide bonds. The van der Waals surface area contributed by atoms with Gasteiger partial charge >= 0.3 is 5.97 Å². The molecular weight excluding hydrogens is 462 g/mol. The molecule has 0 bridgehead atoms. The molecule has 0 saturated heterocycles. The third-order valence-electron chi connectivity index (χ3n) is 6.26. The van der Waals surface area contributed by atoms with Gasteiger partial charge in [0.1, 0.15) is 11.5 Å². The fourth-order valence-corrected chi connectivity index (χ4v) is 4.36. The number of anilines is 1. The highest BCUT2D eigenvalue weighted by molar-refractivity contribution is 6.23. The van der Waals surface area contributed by atoms with Crippen molar-refractivity contribution in [3.8, 4) is 11.3 Å². The number of esters is 1. The van der Waals surface area contributed by atoms with E-state index in [-0.39, 0.29) is 11.9 Å². The third kappa shape index (κ3) is 4.89. The zero-order chi connectivity index (χ0) is 25.9. The number of rotatable bonds is 6. The highest BCUT2D eigenvalue weighted by Gasteiger charge is 2.31. The highest BCUT2D eigenvalue weighted by Crippen LogP contribution is 2.37. The van der Waals surface area contributed by atoms with Crippen LogP contribution in [0.1, 0.15) is 39.7 Å². The molecule has 0 saturated carbocycles. The minimum absolute atomic E-state index is 0.107. The van der Waals surface area contributed by atoms with E-state index in [2.05, 4.69) is 0 Å². The summed E-state index contributed by atoms with van der Waals surface area (Å²) in [6, 6.07) is 26.8. The Kier molecular flexibility index (Phi) is 6.60. The Morgan fingerprint density at radius 3 is 2.41 bits per heavy atom. The van der Waals surface area contributed by atoms with Crippen LogP contribution in [0.25, 0.3) is 23.1 Å². The third-order valence-corrected chi connectivity index (χ3v) is 6.26. The van der Waals surface area contributed by atoms with Crippen LogP contribution in [-0.2, 0) is 9.53 Å². The maximum Gasteiger partial charge on any atom is 0.338 e. The maximum absolute atomic E-state index is 13.7. The topological polar surface area (TPSA) is 59.8 Å². The Bertz CT molecular complexity index is 1520. The first-order valence-corrected chi connectivity index (χ1v) is 12.2. The minimum Gasteiger partial charge on any atom is -0.462 e. The van der Waals surface area contributed by atoms with Crippen LogP contribution in [0, 0.1) is 13.8 Å². The van der Waals surface area contributed by atoms with E-state index in [4.69, 9.17) is 9.15 Å². The van der Waals surface area contributed by atoms with Gasteiger partial charge in [0, 0.05) is 11.1 Å². The molecule has 0 atom stereocenters. The number of ether oxygens (including phenoxy) is 1. The van der Waals surface area contributed by atoms with Crippen molar-refractivity contribution in [3.05, 3.63) is 125 Å². The van der Waals surface area contributed by atoms with E-state index in [1.807, 2.05) is 92.7 Å². The normalized spacial score (nSPS) is 14.2. The predicted molar refractivity (Wildman–Crippen MR) is 146 cm³/mol. The molecule has 5 nitrogen and oxygen atoms in total. The van der Waals surface area contributed by atoms with Gasteiger partial charge in [0.25, 0.3) is 5.91 Å². The second-order valence-corrected chi connectivity index (χ2v) is 8.93. The Balaban J connectivity index is 1.48. The molecule has 1 aliphatic rings. The number of carbonyl (C=O) groups is 2. The van der Waals surface area contributed by atoms with Crippen LogP contribution in [0.15, 0.2) is 101 Å². The van der Waals surface area contributed by atoms with E-state index < -0.39 is 0 Å². The zero-order valence-electron chi connectivity index (χ0n) is 21.0. The molecule has 0 aliphatic carbocycles. The van der Waals surface area contributed by atoms with Crippen molar-refractivity contribution in [2.24, 2.45) is 0 Å². The second-order valence-electron chi connectivity index (χ2n) is 8.93. The molecule has 0 spiro atoms. The Labute approximate surface area is 216 Å². The van der Waals surface area contributed by atoms with Crippen molar-refractivity contribution in [2.45, 2.75) is 20.8 Å². The summed E-state index contributed by atoms with van der Waals surface area (Å²) >= 11 is 0. The monoisotopic (exact) mass is 489 g/mol. The molecule has 4 aromatic rings. The summed E-state index contributed by atoms with van der Waals surface area (Å²) in [6.45, 7) is 6.14. The molecule has 0 fully saturated rings. The van der Waals surface area contributed by atoms with Gasteiger partial charge in [0.05, 0.1) is 23.6 Å². The summed E-state index contributed by atoms with van der Waals surface area (Å²) in [4.78, 5) is 27.4. The van der Waals surface area contributed by atoms with Crippen molar-refractivity contribution in [1.29, 1.82) is 0 Å². The molecule has 3 aromatic carbocycles. The first-order chi connectivity index (χ1) is 17.9. The lowest BCUT2D eigenvalue weighted by molar-refractivity contribution is -0.113. The molecule has 0 N–H and O–H groups in total. The summed E-state index contributed by atoms with van der Waals surface area (Å²) in [6.07, 6.45) is 3.68. The lowest BCUT2D eigenvalue weighted by Crippen LogP contribution is -2.25. The summed E-state index contributed by atoms with van der Waals surface area (Å²) in [5.41, 5.74) is 6.61. The maximum atomic E-state index is 13.7. The van der Waals surface area contributed by atoms with Gasteiger partial charge in [-0.05, 0) is 79.9 Å². The van der Waals surface area contributed by atoms with Crippen LogP contribution in [0.4, 0.5) is 5.69 Å². The average Bonchev–Trinajstić information content (AvgIpc) is 3.51.